The molecule has 0 aliphatic rings. The quantitative estimate of drug-likeness (QED) is 0.407. The number of halogens is 2. The molecule has 0 saturated carbocycles. The first kappa shape index (κ1) is 24.3. The van der Waals surface area contributed by atoms with Crippen LogP contribution in [0.4, 0.5) is 30.9 Å². The lowest BCUT2D eigenvalue weighted by molar-refractivity contribution is 0.262. The highest BCUT2D eigenvalue weighted by Crippen LogP contribution is 2.25. The Kier molecular flexibility index (Phi) is 7.20. The van der Waals surface area contributed by atoms with Crippen LogP contribution in [0.25, 0.3) is 11.3 Å². The van der Waals surface area contributed by atoms with Crippen molar-refractivity contribution >= 4 is 40.8 Å². The van der Waals surface area contributed by atoms with Crippen molar-refractivity contribution in [3.05, 3.63) is 77.6 Å². The molecule has 1 heterocycles. The summed E-state index contributed by atoms with van der Waals surface area (Å²) < 4.78 is 27.2. The fourth-order valence-corrected chi connectivity index (χ4v) is 2.86. The third-order valence-electron chi connectivity index (χ3n) is 4.43. The zero-order chi connectivity index (χ0) is 24.9. The number of nitrogens with two attached hydrogens (primary N) is 2. The van der Waals surface area contributed by atoms with E-state index < -0.39 is 17.7 Å². The highest BCUT2D eigenvalue weighted by atomic mass is 19.1. The Bertz CT molecular complexity index is 1270. The SMILES string of the molecule is CC(C)(C)N=CC(=C(N)c1ccnc(N)n1)c1cccc(NC(=O)Nc2cc(F)ccc2F)c1. The number of hydrogen-bond acceptors (Lipinski definition) is 6. The number of amides is 2. The fraction of sp³-hybridized carbons (Fsp3) is 0.167. The molecule has 0 fully saturated rings. The van der Waals surface area contributed by atoms with Crippen LogP contribution in [0.3, 0.4) is 0 Å². The van der Waals surface area contributed by atoms with Crippen LogP contribution < -0.4 is 22.1 Å². The molecule has 2 aromatic carbocycles. The van der Waals surface area contributed by atoms with Gasteiger partial charge in [-0.15, -0.1) is 0 Å². The summed E-state index contributed by atoms with van der Waals surface area (Å²) in [5.74, 6) is -1.36. The molecule has 0 aliphatic carbocycles. The molecule has 176 valence electrons. The van der Waals surface area contributed by atoms with Gasteiger partial charge in [0.2, 0.25) is 5.95 Å². The number of carbonyl (C=O) groups is 1. The van der Waals surface area contributed by atoms with Gasteiger partial charge < -0.3 is 22.1 Å². The summed E-state index contributed by atoms with van der Waals surface area (Å²) in [6.07, 6.45) is 3.13. The van der Waals surface area contributed by atoms with Crippen molar-refractivity contribution in [2.75, 3.05) is 16.4 Å². The van der Waals surface area contributed by atoms with Crippen molar-refractivity contribution in [1.82, 2.24) is 9.97 Å². The maximum absolute atomic E-state index is 13.8. The molecule has 0 spiro atoms. The average molecular weight is 466 g/mol. The molecule has 0 saturated heterocycles. The molecule has 3 aromatic rings. The van der Waals surface area contributed by atoms with E-state index in [4.69, 9.17) is 11.5 Å². The molecule has 2 amide bonds. The average Bonchev–Trinajstić information content (AvgIpc) is 2.76. The molecule has 0 aliphatic heterocycles. The van der Waals surface area contributed by atoms with E-state index in [1.165, 1.54) is 6.20 Å². The Labute approximate surface area is 195 Å². The van der Waals surface area contributed by atoms with Gasteiger partial charge in [0, 0.05) is 29.7 Å². The summed E-state index contributed by atoms with van der Waals surface area (Å²) in [5.41, 5.74) is 13.8. The second kappa shape index (κ2) is 10.1. The van der Waals surface area contributed by atoms with Gasteiger partial charge in [-0.1, -0.05) is 12.1 Å². The van der Waals surface area contributed by atoms with Gasteiger partial charge in [-0.25, -0.2) is 23.5 Å². The summed E-state index contributed by atoms with van der Waals surface area (Å²) in [7, 11) is 0. The summed E-state index contributed by atoms with van der Waals surface area (Å²) in [4.78, 5) is 25.0. The highest BCUT2D eigenvalue weighted by Gasteiger charge is 2.14. The van der Waals surface area contributed by atoms with Gasteiger partial charge in [-0.3, -0.25) is 4.99 Å². The number of rotatable bonds is 5. The minimum absolute atomic E-state index is 0.0734. The number of benzene rings is 2. The molecule has 0 unspecified atom stereocenters. The molecular formula is C24H25F2N7O. The largest absolute Gasteiger partial charge is 0.396 e. The number of urea groups is 1. The van der Waals surface area contributed by atoms with Gasteiger partial charge in [-0.05, 0) is 56.7 Å². The molecule has 0 bridgehead atoms. The molecule has 0 atom stereocenters. The fourth-order valence-electron chi connectivity index (χ4n) is 2.86. The topological polar surface area (TPSA) is 131 Å². The van der Waals surface area contributed by atoms with Crippen LogP contribution in [-0.2, 0) is 0 Å². The summed E-state index contributed by atoms with van der Waals surface area (Å²) in [6, 6.07) is 10.5. The summed E-state index contributed by atoms with van der Waals surface area (Å²) in [5, 5.41) is 4.89. The lowest BCUT2D eigenvalue weighted by atomic mass is 10.0. The number of allylic oxidation sites excluding steroid dienone is 1. The molecular weight excluding hydrogens is 440 g/mol. The number of aliphatic imine (C=N–C) groups is 1. The predicted octanol–water partition coefficient (Wildman–Crippen LogP) is 4.68. The minimum atomic E-state index is -0.759. The molecule has 3 rings (SSSR count). The van der Waals surface area contributed by atoms with Crippen LogP contribution in [-0.4, -0.2) is 27.8 Å². The molecule has 8 nitrogen and oxygen atoms in total. The van der Waals surface area contributed by atoms with Crippen LogP contribution in [0.1, 0.15) is 32.0 Å². The van der Waals surface area contributed by atoms with Crippen LogP contribution in [0, 0.1) is 11.6 Å². The first-order valence-corrected chi connectivity index (χ1v) is 10.3. The van der Waals surface area contributed by atoms with Gasteiger partial charge in [0.1, 0.15) is 11.6 Å². The number of nitrogens with one attached hydrogen (secondary N) is 2. The molecule has 34 heavy (non-hydrogen) atoms. The standard InChI is InChI=1S/C24H25F2N7O/c1-24(2,3)30-13-17(21(27)19-9-10-29-22(28)32-19)14-5-4-6-16(11-14)31-23(34)33-20-12-15(25)7-8-18(20)26/h4-13H,27H2,1-3H3,(H2,28,29,32)(H2,31,33,34). The Morgan fingerprint density at radius 1 is 1.09 bits per heavy atom. The smallest absolute Gasteiger partial charge is 0.323 e. The monoisotopic (exact) mass is 465 g/mol. The van der Waals surface area contributed by atoms with Crippen molar-refractivity contribution in [3.63, 3.8) is 0 Å². The lowest BCUT2D eigenvalue weighted by Gasteiger charge is -2.15. The Morgan fingerprint density at radius 3 is 2.56 bits per heavy atom. The van der Waals surface area contributed by atoms with Crippen LogP contribution in [0.2, 0.25) is 0 Å². The van der Waals surface area contributed by atoms with E-state index in [2.05, 4.69) is 25.6 Å². The zero-order valence-corrected chi connectivity index (χ0v) is 18.9. The Hall–Kier alpha value is -4.34. The second-order valence-electron chi connectivity index (χ2n) is 8.34. The van der Waals surface area contributed by atoms with E-state index in [9.17, 15) is 13.6 Å². The first-order chi connectivity index (χ1) is 16.0. The number of nitrogens with zero attached hydrogens (tertiary/aromatic N) is 3. The van der Waals surface area contributed by atoms with E-state index in [1.807, 2.05) is 20.8 Å². The van der Waals surface area contributed by atoms with Gasteiger partial charge >= 0.3 is 6.03 Å². The van der Waals surface area contributed by atoms with Crippen molar-refractivity contribution < 1.29 is 13.6 Å². The van der Waals surface area contributed by atoms with Crippen LogP contribution >= 0.6 is 0 Å². The maximum Gasteiger partial charge on any atom is 0.323 e. The van der Waals surface area contributed by atoms with Crippen LogP contribution in [0.15, 0.2) is 59.7 Å². The van der Waals surface area contributed by atoms with Crippen molar-refractivity contribution in [2.45, 2.75) is 26.3 Å². The Balaban J connectivity index is 1.94. The normalized spacial score (nSPS) is 12.4. The minimum Gasteiger partial charge on any atom is -0.396 e. The van der Waals surface area contributed by atoms with Crippen molar-refractivity contribution in [1.29, 1.82) is 0 Å². The molecule has 1 aromatic heterocycles. The number of anilines is 3. The molecule has 0 radical (unpaired) electrons. The van der Waals surface area contributed by atoms with Gasteiger partial charge in [0.15, 0.2) is 0 Å². The summed E-state index contributed by atoms with van der Waals surface area (Å²) in [6.45, 7) is 5.82. The Morgan fingerprint density at radius 2 is 1.85 bits per heavy atom. The molecule has 6 N–H and O–H groups in total. The van der Waals surface area contributed by atoms with Crippen molar-refractivity contribution in [2.24, 2.45) is 10.7 Å². The van der Waals surface area contributed by atoms with Gasteiger partial charge in [0.25, 0.3) is 0 Å². The van der Waals surface area contributed by atoms with E-state index in [-0.39, 0.29) is 17.2 Å². The maximum atomic E-state index is 13.8. The summed E-state index contributed by atoms with van der Waals surface area (Å²) >= 11 is 0. The van der Waals surface area contributed by atoms with Crippen molar-refractivity contribution in [3.8, 4) is 0 Å². The third kappa shape index (κ3) is 6.58. The lowest BCUT2D eigenvalue weighted by Crippen LogP contribution is -2.20. The molecule has 10 heteroatoms. The van der Waals surface area contributed by atoms with E-state index >= 15 is 0 Å². The first-order valence-electron chi connectivity index (χ1n) is 10.3. The number of nitrogen functional groups attached to an aromatic ring is 1. The zero-order valence-electron chi connectivity index (χ0n) is 18.9. The predicted molar refractivity (Wildman–Crippen MR) is 131 cm³/mol. The highest BCUT2D eigenvalue weighted by molar-refractivity contribution is 6.19. The van der Waals surface area contributed by atoms with E-state index in [1.54, 1.807) is 36.5 Å². The van der Waals surface area contributed by atoms with Gasteiger partial charge in [0.05, 0.1) is 22.6 Å². The number of carbonyl (C=O) groups excluding carboxylic acids is 1. The number of aromatic nitrogens is 2. The van der Waals surface area contributed by atoms with E-state index in [0.717, 1.165) is 18.2 Å². The number of hydrogen-bond donors (Lipinski definition) is 4. The van der Waals surface area contributed by atoms with Crippen LogP contribution in [0.5, 0.6) is 0 Å². The van der Waals surface area contributed by atoms with Gasteiger partial charge in [-0.2, -0.15) is 0 Å². The third-order valence-corrected chi connectivity index (χ3v) is 4.43. The second-order valence-corrected chi connectivity index (χ2v) is 8.34. The van der Waals surface area contributed by atoms with E-state index in [0.29, 0.717) is 28.2 Å².